The molecule has 5 atom stereocenters. The van der Waals surface area contributed by atoms with Crippen LogP contribution >= 0.6 is 11.6 Å². The monoisotopic (exact) mass is 404 g/mol. The summed E-state index contributed by atoms with van der Waals surface area (Å²) in [6.45, 7) is 6.19. The lowest BCUT2D eigenvalue weighted by Gasteiger charge is -2.50. The van der Waals surface area contributed by atoms with Crippen LogP contribution in [0.25, 0.3) is 0 Å². The Hall–Kier alpha value is -1.35. The number of esters is 1. The number of methoxy groups -OCH3 is 1. The lowest BCUT2D eigenvalue weighted by atomic mass is 9.54. The zero-order valence-corrected chi connectivity index (χ0v) is 18.3. The summed E-state index contributed by atoms with van der Waals surface area (Å²) in [5.41, 5.74) is 2.63. The second-order valence-corrected chi connectivity index (χ2v) is 9.07. The fourth-order valence-corrected chi connectivity index (χ4v) is 6.48. The molecule has 2 fully saturated rings. The summed E-state index contributed by atoms with van der Waals surface area (Å²) in [4.78, 5) is 24.5. The molecule has 0 saturated heterocycles. The number of ether oxygens (including phenoxy) is 1. The summed E-state index contributed by atoms with van der Waals surface area (Å²) in [5, 5.41) is 0.815. The second-order valence-electron chi connectivity index (χ2n) is 8.64. The van der Waals surface area contributed by atoms with Crippen LogP contribution in [0.2, 0.25) is 5.02 Å². The lowest BCUT2D eigenvalue weighted by molar-refractivity contribution is -0.141. The first-order valence-corrected chi connectivity index (χ1v) is 11.2. The van der Waals surface area contributed by atoms with Gasteiger partial charge in [0, 0.05) is 23.3 Å². The number of halogens is 1. The third-order valence-electron chi connectivity index (χ3n) is 7.48. The fraction of sp³-hybridized carbons (Fsp3) is 0.667. The van der Waals surface area contributed by atoms with Crippen LogP contribution in [0.3, 0.4) is 0 Å². The van der Waals surface area contributed by atoms with Crippen molar-refractivity contribution < 1.29 is 14.3 Å². The predicted molar refractivity (Wildman–Crippen MR) is 113 cm³/mol. The SMILES string of the molecule is CC.COC(=O)CCC1CC(=O)C2(C)CCC3c4ccc(Cl)cc4CCC3C12. The number of rotatable bonds is 3. The summed E-state index contributed by atoms with van der Waals surface area (Å²) in [5.74, 6) is 2.02. The third-order valence-corrected chi connectivity index (χ3v) is 7.71. The zero-order valence-electron chi connectivity index (χ0n) is 17.6. The van der Waals surface area contributed by atoms with Crippen LogP contribution in [0.5, 0.6) is 0 Å². The van der Waals surface area contributed by atoms with Crippen LogP contribution < -0.4 is 0 Å². The van der Waals surface area contributed by atoms with E-state index >= 15 is 0 Å². The molecule has 1 aromatic carbocycles. The highest BCUT2D eigenvalue weighted by Crippen LogP contribution is 2.62. The van der Waals surface area contributed by atoms with Gasteiger partial charge in [-0.1, -0.05) is 38.4 Å². The minimum atomic E-state index is -0.202. The highest BCUT2D eigenvalue weighted by molar-refractivity contribution is 6.30. The number of fused-ring (bicyclic) bond motifs is 5. The van der Waals surface area contributed by atoms with Gasteiger partial charge in [-0.05, 0) is 79.0 Å². The van der Waals surface area contributed by atoms with Crippen molar-refractivity contribution in [1.82, 2.24) is 0 Å². The summed E-state index contributed by atoms with van der Waals surface area (Å²) < 4.78 is 4.83. The Kier molecular flexibility index (Phi) is 6.54. The number of hydrogen-bond acceptors (Lipinski definition) is 3. The molecule has 154 valence electrons. The standard InChI is InChI=1S/C22H27ClO3.C2H6/c1-22-10-9-17-16-7-5-15(23)11-13(16)3-6-18(17)21(22)14(12-19(22)24)4-8-20(25)26-2;1-2/h5,7,11,14,17-18,21H,3-4,6,8-10,12H2,1-2H3;1-2H3. The molecular formula is C24H33ClO3. The van der Waals surface area contributed by atoms with Gasteiger partial charge < -0.3 is 4.74 Å². The van der Waals surface area contributed by atoms with Crippen molar-refractivity contribution in [2.75, 3.05) is 7.11 Å². The van der Waals surface area contributed by atoms with Gasteiger partial charge in [-0.2, -0.15) is 0 Å². The molecule has 0 radical (unpaired) electrons. The van der Waals surface area contributed by atoms with Crippen LogP contribution in [0.1, 0.15) is 76.3 Å². The van der Waals surface area contributed by atoms with Gasteiger partial charge in [0.1, 0.15) is 5.78 Å². The molecule has 3 aliphatic carbocycles. The van der Waals surface area contributed by atoms with Crippen molar-refractivity contribution in [1.29, 1.82) is 0 Å². The molecular weight excluding hydrogens is 372 g/mol. The van der Waals surface area contributed by atoms with Gasteiger partial charge in [0.2, 0.25) is 0 Å². The molecule has 0 amide bonds. The Morgan fingerprint density at radius 1 is 1.29 bits per heavy atom. The number of hydrogen-bond donors (Lipinski definition) is 0. The van der Waals surface area contributed by atoms with Gasteiger partial charge in [0.25, 0.3) is 0 Å². The van der Waals surface area contributed by atoms with Crippen molar-refractivity contribution in [3.05, 3.63) is 34.3 Å². The highest BCUT2D eigenvalue weighted by Gasteiger charge is 2.58. The topological polar surface area (TPSA) is 43.4 Å². The van der Waals surface area contributed by atoms with E-state index in [4.69, 9.17) is 16.3 Å². The van der Waals surface area contributed by atoms with Gasteiger partial charge >= 0.3 is 5.97 Å². The largest absolute Gasteiger partial charge is 0.469 e. The Morgan fingerprint density at radius 2 is 2.04 bits per heavy atom. The number of Topliss-reactive ketones (excluding diaryl/α,β-unsaturated/α-hetero) is 1. The normalized spacial score (nSPS) is 33.1. The smallest absolute Gasteiger partial charge is 0.305 e. The Labute approximate surface area is 174 Å². The Balaban J connectivity index is 0.00000109. The van der Waals surface area contributed by atoms with Crippen molar-refractivity contribution in [3.8, 4) is 0 Å². The van der Waals surface area contributed by atoms with E-state index in [1.807, 2.05) is 19.9 Å². The molecule has 4 heteroatoms. The minimum Gasteiger partial charge on any atom is -0.469 e. The molecule has 0 heterocycles. The van der Waals surface area contributed by atoms with Crippen molar-refractivity contribution in [2.45, 2.75) is 71.6 Å². The Bertz CT molecular complexity index is 743. The lowest BCUT2D eigenvalue weighted by Crippen LogP contribution is -2.44. The second kappa shape index (κ2) is 8.57. The number of carbonyl (C=O) groups excluding carboxylic acids is 2. The Morgan fingerprint density at radius 3 is 2.75 bits per heavy atom. The molecule has 4 rings (SSSR count). The number of aryl methyl sites for hydroxylation is 1. The van der Waals surface area contributed by atoms with Crippen molar-refractivity contribution in [2.24, 2.45) is 23.2 Å². The van der Waals surface area contributed by atoms with Crippen LogP contribution in [0.4, 0.5) is 0 Å². The molecule has 3 nitrogen and oxygen atoms in total. The quantitative estimate of drug-likeness (QED) is 0.582. The summed E-state index contributed by atoms with van der Waals surface area (Å²) in [6, 6.07) is 6.33. The van der Waals surface area contributed by atoms with E-state index in [2.05, 4.69) is 19.1 Å². The molecule has 0 spiro atoms. The van der Waals surface area contributed by atoms with E-state index in [9.17, 15) is 9.59 Å². The van der Waals surface area contributed by atoms with Crippen molar-refractivity contribution in [3.63, 3.8) is 0 Å². The molecule has 0 bridgehead atoms. The van der Waals surface area contributed by atoms with Gasteiger partial charge in [0.15, 0.2) is 0 Å². The third kappa shape index (κ3) is 3.63. The highest BCUT2D eigenvalue weighted by atomic mass is 35.5. The molecule has 3 aliphatic rings. The fourth-order valence-electron chi connectivity index (χ4n) is 6.28. The van der Waals surface area contributed by atoms with Crippen LogP contribution in [-0.2, 0) is 20.7 Å². The van der Waals surface area contributed by atoms with Crippen LogP contribution in [0, 0.1) is 23.2 Å². The summed E-state index contributed by atoms with van der Waals surface area (Å²) >= 11 is 6.20. The van der Waals surface area contributed by atoms with Crippen LogP contribution in [0.15, 0.2) is 18.2 Å². The van der Waals surface area contributed by atoms with E-state index in [0.717, 1.165) is 37.1 Å². The molecule has 0 N–H and O–H groups in total. The van der Waals surface area contributed by atoms with Crippen LogP contribution in [-0.4, -0.2) is 18.9 Å². The van der Waals surface area contributed by atoms with E-state index in [1.54, 1.807) is 0 Å². The maximum atomic E-state index is 12.9. The number of benzene rings is 1. The molecule has 28 heavy (non-hydrogen) atoms. The molecule has 1 aromatic rings. The van der Waals surface area contributed by atoms with Crippen molar-refractivity contribution >= 4 is 23.4 Å². The van der Waals surface area contributed by atoms with Gasteiger partial charge in [0.05, 0.1) is 7.11 Å². The molecule has 0 aromatic heterocycles. The van der Waals surface area contributed by atoms with E-state index < -0.39 is 0 Å². The number of ketones is 1. The van der Waals surface area contributed by atoms with Gasteiger partial charge in [-0.15, -0.1) is 0 Å². The first-order valence-electron chi connectivity index (χ1n) is 10.8. The average molecular weight is 405 g/mol. The molecule has 5 unspecified atom stereocenters. The zero-order chi connectivity index (χ0) is 20.5. The maximum Gasteiger partial charge on any atom is 0.305 e. The summed E-state index contributed by atoms with van der Waals surface area (Å²) in [6.07, 6.45) is 6.05. The van der Waals surface area contributed by atoms with Gasteiger partial charge in [-0.25, -0.2) is 0 Å². The number of carbonyl (C=O) groups is 2. The van der Waals surface area contributed by atoms with E-state index in [-0.39, 0.29) is 11.4 Å². The average Bonchev–Trinajstić information content (AvgIpc) is 2.97. The first kappa shape index (κ1) is 21.4. The maximum absolute atomic E-state index is 12.9. The molecule has 2 saturated carbocycles. The predicted octanol–water partition coefficient (Wildman–Crippen LogP) is 5.97. The minimum absolute atomic E-state index is 0.165. The first-order chi connectivity index (χ1) is 13.4. The van der Waals surface area contributed by atoms with E-state index in [1.165, 1.54) is 18.2 Å². The van der Waals surface area contributed by atoms with E-state index in [0.29, 0.717) is 42.3 Å². The summed E-state index contributed by atoms with van der Waals surface area (Å²) in [7, 11) is 1.44. The van der Waals surface area contributed by atoms with Gasteiger partial charge in [-0.3, -0.25) is 9.59 Å². The molecule has 0 aliphatic heterocycles.